The fourth-order valence-corrected chi connectivity index (χ4v) is 4.92. The number of anilines is 1. The molecule has 0 spiro atoms. The maximum Gasteiger partial charge on any atom is 0.244 e. The molecule has 10 heteroatoms. The molecule has 0 heterocycles. The first-order valence-electron chi connectivity index (χ1n) is 11.1. The molecule has 0 aliphatic rings. The van der Waals surface area contributed by atoms with E-state index in [4.69, 9.17) is 23.2 Å². The molecule has 0 aliphatic heterocycles. The first-order chi connectivity index (χ1) is 17.1. The zero-order valence-electron chi connectivity index (χ0n) is 19.9. The predicted molar refractivity (Wildman–Crippen MR) is 144 cm³/mol. The van der Waals surface area contributed by atoms with Crippen molar-refractivity contribution in [2.24, 2.45) is 0 Å². The quantitative estimate of drug-likeness (QED) is 0.413. The number of nitrogens with zero attached hydrogens (tertiary/aromatic N) is 2. The second-order valence-electron chi connectivity index (χ2n) is 8.18. The zero-order valence-corrected chi connectivity index (χ0v) is 22.2. The molecule has 0 saturated carbocycles. The van der Waals surface area contributed by atoms with E-state index in [1.165, 1.54) is 24.1 Å². The van der Waals surface area contributed by atoms with Gasteiger partial charge in [-0.05, 0) is 41.5 Å². The first-order valence-corrected chi connectivity index (χ1v) is 13.7. The second kappa shape index (κ2) is 12.3. The average molecular weight is 548 g/mol. The van der Waals surface area contributed by atoms with E-state index in [-0.39, 0.29) is 24.6 Å². The summed E-state index contributed by atoms with van der Waals surface area (Å²) < 4.78 is 26.3. The molecule has 3 aromatic carbocycles. The third-order valence-electron chi connectivity index (χ3n) is 5.61. The normalized spacial score (nSPS) is 12.0. The second-order valence-corrected chi connectivity index (χ2v) is 10.9. The van der Waals surface area contributed by atoms with Crippen molar-refractivity contribution in [3.63, 3.8) is 0 Å². The van der Waals surface area contributed by atoms with E-state index in [1.54, 1.807) is 36.4 Å². The molecule has 2 amide bonds. The Morgan fingerprint density at radius 3 is 2.11 bits per heavy atom. The molecular weight excluding hydrogens is 521 g/mol. The van der Waals surface area contributed by atoms with Crippen molar-refractivity contribution >= 4 is 50.7 Å². The SMILES string of the molecule is CNC(=O)[C@H](Cc1ccccc1)N(Cc1ccccc1Cl)C(=O)CN(c1ccc(Cl)cc1)S(C)(=O)=O. The Labute approximate surface area is 221 Å². The number of rotatable bonds is 10. The molecule has 0 radical (unpaired) electrons. The Kier molecular flexibility index (Phi) is 9.37. The van der Waals surface area contributed by atoms with Crippen LogP contribution in [0.1, 0.15) is 11.1 Å². The molecule has 0 unspecified atom stereocenters. The van der Waals surface area contributed by atoms with E-state index >= 15 is 0 Å². The number of nitrogens with one attached hydrogen (secondary N) is 1. The number of carbonyl (C=O) groups is 2. The molecule has 7 nitrogen and oxygen atoms in total. The van der Waals surface area contributed by atoms with Crippen molar-refractivity contribution in [3.8, 4) is 0 Å². The number of likely N-dealkylation sites (N-methyl/N-ethyl adjacent to an activating group) is 1. The Balaban J connectivity index is 2.03. The molecule has 0 aromatic heterocycles. The fourth-order valence-electron chi connectivity index (χ4n) is 3.75. The molecule has 0 aliphatic carbocycles. The van der Waals surface area contributed by atoms with Crippen LogP contribution < -0.4 is 9.62 Å². The van der Waals surface area contributed by atoms with Gasteiger partial charge in [-0.15, -0.1) is 0 Å². The topological polar surface area (TPSA) is 86.8 Å². The van der Waals surface area contributed by atoms with E-state index in [0.29, 0.717) is 15.6 Å². The van der Waals surface area contributed by atoms with Crippen molar-refractivity contribution in [3.05, 3.63) is 100 Å². The fraction of sp³-hybridized carbons (Fsp3) is 0.231. The highest BCUT2D eigenvalue weighted by Crippen LogP contribution is 2.23. The van der Waals surface area contributed by atoms with Crippen molar-refractivity contribution in [1.29, 1.82) is 0 Å². The molecule has 3 aromatic rings. The molecular formula is C26H27Cl2N3O4S. The van der Waals surface area contributed by atoms with Crippen molar-refractivity contribution in [2.75, 3.05) is 24.2 Å². The maximum atomic E-state index is 13.8. The molecule has 0 saturated heterocycles. The van der Waals surface area contributed by atoms with Crippen LogP contribution in [0.5, 0.6) is 0 Å². The first kappa shape index (κ1) is 27.5. The van der Waals surface area contributed by atoms with E-state index < -0.39 is 28.5 Å². The number of hydrogen-bond donors (Lipinski definition) is 1. The third kappa shape index (κ3) is 7.22. The van der Waals surface area contributed by atoms with Gasteiger partial charge >= 0.3 is 0 Å². The minimum Gasteiger partial charge on any atom is -0.357 e. The number of hydrogen-bond acceptors (Lipinski definition) is 4. The number of amides is 2. The van der Waals surface area contributed by atoms with E-state index in [0.717, 1.165) is 16.1 Å². The smallest absolute Gasteiger partial charge is 0.244 e. The highest BCUT2D eigenvalue weighted by Gasteiger charge is 2.32. The van der Waals surface area contributed by atoms with Crippen LogP contribution in [-0.4, -0.2) is 51.0 Å². The van der Waals surface area contributed by atoms with Gasteiger partial charge in [0, 0.05) is 30.1 Å². The van der Waals surface area contributed by atoms with Crippen LogP contribution in [-0.2, 0) is 32.6 Å². The Morgan fingerprint density at radius 2 is 1.53 bits per heavy atom. The Bertz CT molecular complexity index is 1300. The average Bonchev–Trinajstić information content (AvgIpc) is 2.85. The summed E-state index contributed by atoms with van der Waals surface area (Å²) in [6.07, 6.45) is 1.25. The molecule has 36 heavy (non-hydrogen) atoms. The van der Waals surface area contributed by atoms with Gasteiger partial charge in [0.15, 0.2) is 0 Å². The highest BCUT2D eigenvalue weighted by atomic mass is 35.5. The Hall–Kier alpha value is -3.07. The van der Waals surface area contributed by atoms with Crippen molar-refractivity contribution in [2.45, 2.75) is 19.0 Å². The zero-order chi connectivity index (χ0) is 26.3. The monoisotopic (exact) mass is 547 g/mol. The third-order valence-corrected chi connectivity index (χ3v) is 7.37. The van der Waals surface area contributed by atoms with Crippen LogP contribution in [0.2, 0.25) is 10.0 Å². The molecule has 3 rings (SSSR count). The maximum absolute atomic E-state index is 13.8. The van der Waals surface area contributed by atoms with Gasteiger partial charge in [-0.25, -0.2) is 8.42 Å². The highest BCUT2D eigenvalue weighted by molar-refractivity contribution is 7.92. The summed E-state index contributed by atoms with van der Waals surface area (Å²) in [6.45, 7) is -0.491. The lowest BCUT2D eigenvalue weighted by molar-refractivity contribution is -0.139. The molecule has 0 fully saturated rings. The van der Waals surface area contributed by atoms with Crippen LogP contribution in [0.15, 0.2) is 78.9 Å². The number of benzene rings is 3. The van der Waals surface area contributed by atoms with Crippen LogP contribution in [0.25, 0.3) is 0 Å². The van der Waals surface area contributed by atoms with Gasteiger partial charge in [-0.2, -0.15) is 0 Å². The Morgan fingerprint density at radius 1 is 0.917 bits per heavy atom. The lowest BCUT2D eigenvalue weighted by Crippen LogP contribution is -2.52. The summed E-state index contributed by atoms with van der Waals surface area (Å²) in [5, 5.41) is 3.50. The van der Waals surface area contributed by atoms with Crippen molar-refractivity contribution < 1.29 is 18.0 Å². The van der Waals surface area contributed by atoms with Crippen LogP contribution >= 0.6 is 23.2 Å². The van der Waals surface area contributed by atoms with Gasteiger partial charge in [-0.1, -0.05) is 71.7 Å². The summed E-state index contributed by atoms with van der Waals surface area (Å²) in [5.41, 5.74) is 1.76. The van der Waals surface area contributed by atoms with Crippen molar-refractivity contribution in [1.82, 2.24) is 10.2 Å². The van der Waals surface area contributed by atoms with Crippen LogP contribution in [0.3, 0.4) is 0 Å². The minimum absolute atomic E-state index is 0.0155. The lowest BCUT2D eigenvalue weighted by Gasteiger charge is -2.33. The molecule has 1 atom stereocenters. The summed E-state index contributed by atoms with van der Waals surface area (Å²) >= 11 is 12.3. The molecule has 190 valence electrons. The molecule has 1 N–H and O–H groups in total. The van der Waals surface area contributed by atoms with E-state index in [9.17, 15) is 18.0 Å². The van der Waals surface area contributed by atoms with E-state index in [2.05, 4.69) is 5.32 Å². The lowest BCUT2D eigenvalue weighted by atomic mass is 10.0. The largest absolute Gasteiger partial charge is 0.357 e. The van der Waals surface area contributed by atoms with E-state index in [1.807, 2.05) is 30.3 Å². The van der Waals surface area contributed by atoms with Gasteiger partial charge in [0.25, 0.3) is 0 Å². The van der Waals surface area contributed by atoms with Gasteiger partial charge < -0.3 is 10.2 Å². The summed E-state index contributed by atoms with van der Waals surface area (Å²) in [6, 6.07) is 21.5. The summed E-state index contributed by atoms with van der Waals surface area (Å²) in [7, 11) is -2.34. The minimum atomic E-state index is -3.83. The molecule has 0 bridgehead atoms. The number of halogens is 2. The summed E-state index contributed by atoms with van der Waals surface area (Å²) in [5.74, 6) is -0.934. The predicted octanol–water partition coefficient (Wildman–Crippen LogP) is 4.15. The number of carbonyl (C=O) groups excluding carboxylic acids is 2. The van der Waals surface area contributed by atoms with Crippen LogP contribution in [0, 0.1) is 0 Å². The van der Waals surface area contributed by atoms with Gasteiger partial charge in [0.2, 0.25) is 21.8 Å². The van der Waals surface area contributed by atoms with Gasteiger partial charge in [-0.3, -0.25) is 13.9 Å². The van der Waals surface area contributed by atoms with Gasteiger partial charge in [0.1, 0.15) is 12.6 Å². The van der Waals surface area contributed by atoms with Crippen LogP contribution in [0.4, 0.5) is 5.69 Å². The standard InChI is InChI=1S/C26H27Cl2N3O4S/c1-29-26(33)24(16-19-8-4-3-5-9-19)30(17-20-10-6-7-11-23(20)28)25(32)18-31(36(2,34)35)22-14-12-21(27)13-15-22/h3-15,24H,16-18H2,1-2H3,(H,29,33)/t24-/m0/s1. The summed E-state index contributed by atoms with van der Waals surface area (Å²) in [4.78, 5) is 28.2. The number of sulfonamides is 1. The van der Waals surface area contributed by atoms with Gasteiger partial charge in [0.05, 0.1) is 11.9 Å².